The molecule has 1 aliphatic rings. The molecule has 3 aromatic rings. The summed E-state index contributed by atoms with van der Waals surface area (Å²) in [7, 11) is 0. The third-order valence-corrected chi connectivity index (χ3v) is 5.14. The van der Waals surface area contributed by atoms with Crippen molar-refractivity contribution in [3.05, 3.63) is 82.9 Å². The summed E-state index contributed by atoms with van der Waals surface area (Å²) in [6.45, 7) is 1.80. The number of para-hydroxylation sites is 1. The van der Waals surface area contributed by atoms with Gasteiger partial charge in [-0.2, -0.15) is 0 Å². The number of halogens is 1. The number of amides is 2. The van der Waals surface area contributed by atoms with Crippen LogP contribution in [0.15, 0.2) is 64.6 Å². The standard InChI is InChI=1S/C23H15FN2O5S/c1-12-6-7-13(22(29)30)10-15(12)19-9-8-14(31-19)11-16-20(27)25-23(32)26(21(16)28)18-5-3-2-4-17(18)24/h2-11H,1H3,(H,29,30)(H,25,27,32)/b16-11-. The van der Waals surface area contributed by atoms with Crippen LogP contribution in [0.4, 0.5) is 10.1 Å². The van der Waals surface area contributed by atoms with Crippen molar-refractivity contribution >= 4 is 46.9 Å². The number of aromatic carboxylic acids is 1. The molecule has 1 aromatic heterocycles. The van der Waals surface area contributed by atoms with Gasteiger partial charge in [0.1, 0.15) is 22.9 Å². The number of thiocarbonyl (C=S) groups is 1. The van der Waals surface area contributed by atoms with Gasteiger partial charge in [-0.3, -0.25) is 14.9 Å². The van der Waals surface area contributed by atoms with E-state index in [0.717, 1.165) is 10.5 Å². The molecule has 0 atom stereocenters. The number of hydrogen-bond acceptors (Lipinski definition) is 5. The van der Waals surface area contributed by atoms with E-state index in [4.69, 9.17) is 16.6 Å². The molecule has 9 heteroatoms. The number of anilines is 1. The highest BCUT2D eigenvalue weighted by Gasteiger charge is 2.35. The smallest absolute Gasteiger partial charge is 0.335 e. The molecular weight excluding hydrogens is 435 g/mol. The van der Waals surface area contributed by atoms with Crippen LogP contribution in [0, 0.1) is 12.7 Å². The van der Waals surface area contributed by atoms with E-state index in [-0.39, 0.29) is 27.7 Å². The fourth-order valence-electron chi connectivity index (χ4n) is 3.25. The lowest BCUT2D eigenvalue weighted by molar-refractivity contribution is -0.122. The second-order valence-electron chi connectivity index (χ2n) is 6.95. The van der Waals surface area contributed by atoms with Crippen LogP contribution in [0.25, 0.3) is 17.4 Å². The molecule has 160 valence electrons. The van der Waals surface area contributed by atoms with Crippen LogP contribution in [0.2, 0.25) is 0 Å². The van der Waals surface area contributed by atoms with Crippen LogP contribution in [0.5, 0.6) is 0 Å². The van der Waals surface area contributed by atoms with Crippen molar-refractivity contribution < 1.29 is 28.3 Å². The number of carboxylic acid groups (broad SMARTS) is 1. The number of rotatable bonds is 4. The number of carbonyl (C=O) groups excluding carboxylic acids is 2. The summed E-state index contributed by atoms with van der Waals surface area (Å²) >= 11 is 5.06. The third-order valence-electron chi connectivity index (χ3n) is 4.86. The van der Waals surface area contributed by atoms with E-state index in [2.05, 4.69) is 5.32 Å². The maximum atomic E-state index is 14.2. The SMILES string of the molecule is Cc1ccc(C(=O)O)cc1-c1ccc(/C=C2/C(=O)NC(=S)N(c3ccccc3F)C2=O)o1. The number of benzene rings is 2. The summed E-state index contributed by atoms with van der Waals surface area (Å²) < 4.78 is 20.0. The Kier molecular flexibility index (Phi) is 5.41. The van der Waals surface area contributed by atoms with Crippen molar-refractivity contribution in [3.8, 4) is 11.3 Å². The van der Waals surface area contributed by atoms with Gasteiger partial charge in [-0.1, -0.05) is 18.2 Å². The number of nitrogens with one attached hydrogen (secondary N) is 1. The van der Waals surface area contributed by atoms with E-state index in [1.807, 2.05) is 0 Å². The first-order valence-corrected chi connectivity index (χ1v) is 9.77. The zero-order valence-electron chi connectivity index (χ0n) is 16.6. The van der Waals surface area contributed by atoms with Gasteiger partial charge in [-0.15, -0.1) is 0 Å². The predicted octanol–water partition coefficient (Wildman–Crippen LogP) is 3.92. The molecule has 0 saturated carbocycles. The van der Waals surface area contributed by atoms with Crippen LogP contribution in [0.3, 0.4) is 0 Å². The first-order valence-electron chi connectivity index (χ1n) is 9.36. The van der Waals surface area contributed by atoms with Crippen LogP contribution < -0.4 is 10.2 Å². The quantitative estimate of drug-likeness (QED) is 0.355. The highest BCUT2D eigenvalue weighted by atomic mass is 32.1. The first-order chi connectivity index (χ1) is 15.3. The Labute approximate surface area is 186 Å². The van der Waals surface area contributed by atoms with Crippen molar-refractivity contribution in [2.24, 2.45) is 0 Å². The molecule has 4 rings (SSSR count). The van der Waals surface area contributed by atoms with Gasteiger partial charge in [0.2, 0.25) is 0 Å². The average Bonchev–Trinajstić information content (AvgIpc) is 3.21. The molecule has 2 N–H and O–H groups in total. The Morgan fingerprint density at radius 3 is 2.62 bits per heavy atom. The zero-order valence-corrected chi connectivity index (χ0v) is 17.4. The molecule has 0 radical (unpaired) electrons. The topological polar surface area (TPSA) is 99.8 Å². The molecule has 1 aliphatic heterocycles. The number of carboxylic acids is 1. The second-order valence-corrected chi connectivity index (χ2v) is 7.33. The largest absolute Gasteiger partial charge is 0.478 e. The van der Waals surface area contributed by atoms with E-state index in [1.54, 1.807) is 25.1 Å². The first kappa shape index (κ1) is 21.1. The minimum atomic E-state index is -1.08. The highest BCUT2D eigenvalue weighted by molar-refractivity contribution is 7.80. The van der Waals surface area contributed by atoms with Gasteiger partial charge in [0.25, 0.3) is 11.8 Å². The Balaban J connectivity index is 1.71. The number of aryl methyl sites for hydroxylation is 1. The van der Waals surface area contributed by atoms with E-state index in [1.165, 1.54) is 42.5 Å². The summed E-state index contributed by atoms with van der Waals surface area (Å²) in [6.07, 6.45) is 1.23. The van der Waals surface area contributed by atoms with E-state index in [0.29, 0.717) is 11.3 Å². The Hall–Kier alpha value is -4.11. The van der Waals surface area contributed by atoms with Crippen LogP contribution in [0.1, 0.15) is 21.7 Å². The molecule has 32 heavy (non-hydrogen) atoms. The molecule has 0 unspecified atom stereocenters. The lowest BCUT2D eigenvalue weighted by Gasteiger charge is -2.28. The maximum absolute atomic E-state index is 14.2. The minimum absolute atomic E-state index is 0.0883. The Morgan fingerprint density at radius 1 is 1.16 bits per heavy atom. The van der Waals surface area contributed by atoms with E-state index >= 15 is 0 Å². The predicted molar refractivity (Wildman–Crippen MR) is 118 cm³/mol. The monoisotopic (exact) mass is 450 g/mol. The molecule has 7 nitrogen and oxygen atoms in total. The fraction of sp³-hybridized carbons (Fsp3) is 0.0435. The summed E-state index contributed by atoms with van der Waals surface area (Å²) in [5.41, 5.74) is 1.06. The number of nitrogens with zero attached hydrogens (tertiary/aromatic N) is 1. The normalized spacial score (nSPS) is 15.2. The Morgan fingerprint density at radius 2 is 1.91 bits per heavy atom. The third kappa shape index (κ3) is 3.81. The van der Waals surface area contributed by atoms with Gasteiger partial charge < -0.3 is 9.52 Å². The lowest BCUT2D eigenvalue weighted by atomic mass is 10.0. The molecule has 0 bridgehead atoms. The van der Waals surface area contributed by atoms with Gasteiger partial charge >= 0.3 is 5.97 Å². The van der Waals surface area contributed by atoms with Crippen LogP contribution >= 0.6 is 12.2 Å². The van der Waals surface area contributed by atoms with Gasteiger partial charge in [0.05, 0.1) is 11.3 Å². The number of furan rings is 1. The van der Waals surface area contributed by atoms with Crippen molar-refractivity contribution in [1.82, 2.24) is 5.32 Å². The van der Waals surface area contributed by atoms with Crippen molar-refractivity contribution in [2.75, 3.05) is 4.90 Å². The fourth-order valence-corrected chi connectivity index (χ4v) is 3.52. The van der Waals surface area contributed by atoms with Crippen LogP contribution in [-0.2, 0) is 9.59 Å². The van der Waals surface area contributed by atoms with Gasteiger partial charge in [-0.25, -0.2) is 14.1 Å². The Bertz CT molecular complexity index is 1330. The molecule has 2 aromatic carbocycles. The minimum Gasteiger partial charge on any atom is -0.478 e. The van der Waals surface area contributed by atoms with Gasteiger partial charge in [-0.05, 0) is 67.2 Å². The zero-order chi connectivity index (χ0) is 23.0. The molecular formula is C23H15FN2O5S. The molecule has 1 fully saturated rings. The highest BCUT2D eigenvalue weighted by Crippen LogP contribution is 2.29. The van der Waals surface area contributed by atoms with Crippen LogP contribution in [-0.4, -0.2) is 28.0 Å². The summed E-state index contributed by atoms with van der Waals surface area (Å²) in [5.74, 6) is -2.75. The van der Waals surface area contributed by atoms with Gasteiger partial charge in [0.15, 0.2) is 5.11 Å². The molecule has 1 saturated heterocycles. The van der Waals surface area contributed by atoms with Gasteiger partial charge in [0, 0.05) is 5.56 Å². The number of carbonyl (C=O) groups is 3. The molecule has 2 amide bonds. The van der Waals surface area contributed by atoms with E-state index < -0.39 is 23.6 Å². The van der Waals surface area contributed by atoms with Crippen molar-refractivity contribution in [2.45, 2.75) is 6.92 Å². The summed E-state index contributed by atoms with van der Waals surface area (Å²) in [5, 5.41) is 11.4. The summed E-state index contributed by atoms with van der Waals surface area (Å²) in [4.78, 5) is 37.6. The summed E-state index contributed by atoms with van der Waals surface area (Å²) in [6, 6.07) is 13.3. The molecule has 2 heterocycles. The van der Waals surface area contributed by atoms with Crippen molar-refractivity contribution in [1.29, 1.82) is 0 Å². The molecule has 0 spiro atoms. The second kappa shape index (κ2) is 8.20. The lowest BCUT2D eigenvalue weighted by Crippen LogP contribution is -2.54. The average molecular weight is 450 g/mol. The van der Waals surface area contributed by atoms with Crippen molar-refractivity contribution in [3.63, 3.8) is 0 Å². The van der Waals surface area contributed by atoms with E-state index in [9.17, 15) is 23.9 Å². The molecule has 0 aliphatic carbocycles. The number of hydrogen-bond donors (Lipinski definition) is 2. The maximum Gasteiger partial charge on any atom is 0.335 e.